The number of halogens is 1. The lowest BCUT2D eigenvalue weighted by Gasteiger charge is -2.12. The zero-order valence-corrected chi connectivity index (χ0v) is 16.1. The van der Waals surface area contributed by atoms with E-state index in [2.05, 4.69) is 36.1 Å². The molecule has 2 rings (SSSR count). The monoisotopic (exact) mass is 430 g/mol. The van der Waals surface area contributed by atoms with E-state index in [1.807, 2.05) is 24.3 Å². The molecule has 0 saturated heterocycles. The SMILES string of the molecule is COc1cccc(NC(N)=NCc2ncc(C(C)(C)C)o2)c1.I. The van der Waals surface area contributed by atoms with Crippen LogP contribution in [-0.4, -0.2) is 18.1 Å². The van der Waals surface area contributed by atoms with Crippen LogP contribution in [0, 0.1) is 0 Å². The number of aliphatic imine (C=N–C) groups is 1. The molecular formula is C16H23IN4O2. The Kier molecular flexibility index (Phi) is 6.86. The Balaban J connectivity index is 0.00000264. The van der Waals surface area contributed by atoms with Gasteiger partial charge in [0.25, 0.3) is 0 Å². The molecule has 3 N–H and O–H groups in total. The van der Waals surface area contributed by atoms with Crippen LogP contribution >= 0.6 is 24.0 Å². The summed E-state index contributed by atoms with van der Waals surface area (Å²) in [6.45, 7) is 6.50. The van der Waals surface area contributed by atoms with Gasteiger partial charge in [-0.2, -0.15) is 0 Å². The first-order valence-corrected chi connectivity index (χ1v) is 7.04. The fourth-order valence-electron chi connectivity index (χ4n) is 1.77. The molecule has 1 heterocycles. The molecule has 0 fully saturated rings. The molecule has 0 radical (unpaired) electrons. The molecule has 0 saturated carbocycles. The zero-order valence-electron chi connectivity index (χ0n) is 13.8. The number of rotatable bonds is 4. The fourth-order valence-corrected chi connectivity index (χ4v) is 1.77. The Hall–Kier alpha value is -1.77. The average molecular weight is 430 g/mol. The molecule has 0 aliphatic rings. The minimum atomic E-state index is -0.0701. The molecule has 0 aliphatic carbocycles. The van der Waals surface area contributed by atoms with Crippen LogP contribution in [0.5, 0.6) is 5.75 Å². The van der Waals surface area contributed by atoms with Crippen molar-refractivity contribution in [2.45, 2.75) is 32.7 Å². The van der Waals surface area contributed by atoms with E-state index in [1.165, 1.54) is 0 Å². The van der Waals surface area contributed by atoms with Crippen LogP contribution in [0.1, 0.15) is 32.4 Å². The third-order valence-electron chi connectivity index (χ3n) is 3.02. The Bertz CT molecular complexity index is 662. The van der Waals surface area contributed by atoms with Gasteiger partial charge in [-0.05, 0) is 12.1 Å². The van der Waals surface area contributed by atoms with Crippen molar-refractivity contribution >= 4 is 35.6 Å². The van der Waals surface area contributed by atoms with E-state index >= 15 is 0 Å². The van der Waals surface area contributed by atoms with Gasteiger partial charge in [-0.1, -0.05) is 26.8 Å². The van der Waals surface area contributed by atoms with Gasteiger partial charge < -0.3 is 20.2 Å². The number of nitrogens with one attached hydrogen (secondary N) is 1. The maximum atomic E-state index is 5.87. The van der Waals surface area contributed by atoms with E-state index in [0.717, 1.165) is 17.2 Å². The highest BCUT2D eigenvalue weighted by Gasteiger charge is 2.18. The van der Waals surface area contributed by atoms with Crippen LogP contribution in [0.2, 0.25) is 0 Å². The molecule has 7 heteroatoms. The molecule has 0 bridgehead atoms. The second kappa shape index (κ2) is 8.19. The number of benzene rings is 1. The Labute approximate surface area is 153 Å². The van der Waals surface area contributed by atoms with Gasteiger partial charge in [0.1, 0.15) is 18.1 Å². The van der Waals surface area contributed by atoms with Crippen LogP contribution in [0.25, 0.3) is 0 Å². The quantitative estimate of drug-likeness (QED) is 0.441. The summed E-state index contributed by atoms with van der Waals surface area (Å²) in [5, 5.41) is 3.00. The standard InChI is InChI=1S/C16H22N4O2.HI/c1-16(2,3)13-9-18-14(22-13)10-19-15(17)20-11-6-5-7-12(8-11)21-4;/h5-9H,10H2,1-4H3,(H3,17,19,20);1H. The van der Waals surface area contributed by atoms with Crippen molar-refractivity contribution in [3.05, 3.63) is 42.1 Å². The van der Waals surface area contributed by atoms with Gasteiger partial charge in [0.15, 0.2) is 5.96 Å². The lowest BCUT2D eigenvalue weighted by molar-refractivity contribution is 0.383. The zero-order chi connectivity index (χ0) is 16.2. The highest BCUT2D eigenvalue weighted by Crippen LogP contribution is 2.22. The molecule has 0 unspecified atom stereocenters. The van der Waals surface area contributed by atoms with Crippen LogP contribution < -0.4 is 15.8 Å². The molecule has 1 aromatic carbocycles. The first-order chi connectivity index (χ1) is 10.4. The topological polar surface area (TPSA) is 85.7 Å². The first-order valence-electron chi connectivity index (χ1n) is 7.04. The minimum absolute atomic E-state index is 0. The highest BCUT2D eigenvalue weighted by molar-refractivity contribution is 14.0. The lowest BCUT2D eigenvalue weighted by atomic mass is 9.94. The summed E-state index contributed by atoms with van der Waals surface area (Å²) in [4.78, 5) is 8.44. The molecule has 0 aliphatic heterocycles. The van der Waals surface area contributed by atoms with E-state index in [4.69, 9.17) is 14.9 Å². The van der Waals surface area contributed by atoms with E-state index in [-0.39, 0.29) is 29.4 Å². The number of anilines is 1. The number of oxazole rings is 1. The first kappa shape index (κ1) is 19.3. The molecule has 1 aromatic heterocycles. The number of nitrogens with two attached hydrogens (primary N) is 1. The van der Waals surface area contributed by atoms with Crippen molar-refractivity contribution in [1.82, 2.24) is 4.98 Å². The smallest absolute Gasteiger partial charge is 0.216 e. The van der Waals surface area contributed by atoms with Crippen LogP contribution in [-0.2, 0) is 12.0 Å². The Morgan fingerprint density at radius 2 is 2.13 bits per heavy atom. The van der Waals surface area contributed by atoms with Crippen LogP contribution in [0.3, 0.4) is 0 Å². The Morgan fingerprint density at radius 3 is 2.74 bits per heavy atom. The van der Waals surface area contributed by atoms with Crippen molar-refractivity contribution in [2.24, 2.45) is 10.7 Å². The number of aromatic nitrogens is 1. The Morgan fingerprint density at radius 1 is 1.39 bits per heavy atom. The van der Waals surface area contributed by atoms with Gasteiger partial charge in [-0.15, -0.1) is 24.0 Å². The predicted octanol–water partition coefficient (Wildman–Crippen LogP) is 3.53. The van der Waals surface area contributed by atoms with Crippen molar-refractivity contribution in [3.63, 3.8) is 0 Å². The summed E-state index contributed by atoms with van der Waals surface area (Å²) in [5.41, 5.74) is 6.60. The summed E-state index contributed by atoms with van der Waals surface area (Å²) in [7, 11) is 1.62. The van der Waals surface area contributed by atoms with Gasteiger partial charge in [-0.25, -0.2) is 9.98 Å². The molecule has 2 aromatic rings. The van der Waals surface area contributed by atoms with Gasteiger partial charge in [0.2, 0.25) is 5.89 Å². The second-order valence-electron chi connectivity index (χ2n) is 5.93. The summed E-state index contributed by atoms with van der Waals surface area (Å²) in [6.07, 6.45) is 1.73. The summed E-state index contributed by atoms with van der Waals surface area (Å²) >= 11 is 0. The number of hydrogen-bond acceptors (Lipinski definition) is 4. The molecule has 23 heavy (non-hydrogen) atoms. The van der Waals surface area contributed by atoms with E-state index in [1.54, 1.807) is 13.3 Å². The highest BCUT2D eigenvalue weighted by atomic mass is 127. The lowest BCUT2D eigenvalue weighted by Crippen LogP contribution is -2.22. The molecular weight excluding hydrogens is 407 g/mol. The van der Waals surface area contributed by atoms with Crippen molar-refractivity contribution in [3.8, 4) is 5.75 Å². The molecule has 0 spiro atoms. The third-order valence-corrected chi connectivity index (χ3v) is 3.02. The van der Waals surface area contributed by atoms with E-state index < -0.39 is 0 Å². The van der Waals surface area contributed by atoms with Crippen molar-refractivity contribution < 1.29 is 9.15 Å². The largest absolute Gasteiger partial charge is 0.497 e. The summed E-state index contributed by atoms with van der Waals surface area (Å²) < 4.78 is 10.8. The number of hydrogen-bond donors (Lipinski definition) is 2. The van der Waals surface area contributed by atoms with E-state index in [0.29, 0.717) is 18.4 Å². The van der Waals surface area contributed by atoms with E-state index in [9.17, 15) is 0 Å². The third kappa shape index (κ3) is 5.74. The molecule has 0 amide bonds. The van der Waals surface area contributed by atoms with Crippen LogP contribution in [0.4, 0.5) is 5.69 Å². The number of nitrogens with zero attached hydrogens (tertiary/aromatic N) is 2. The van der Waals surface area contributed by atoms with Crippen molar-refractivity contribution in [2.75, 3.05) is 12.4 Å². The van der Waals surface area contributed by atoms with Crippen molar-refractivity contribution in [1.29, 1.82) is 0 Å². The van der Waals surface area contributed by atoms with Gasteiger partial charge >= 0.3 is 0 Å². The normalized spacial score (nSPS) is 11.7. The van der Waals surface area contributed by atoms with Gasteiger partial charge in [-0.3, -0.25) is 0 Å². The number of guanidine groups is 1. The van der Waals surface area contributed by atoms with Crippen LogP contribution in [0.15, 0.2) is 39.9 Å². The summed E-state index contributed by atoms with van der Waals surface area (Å²) in [5.74, 6) is 2.42. The van der Waals surface area contributed by atoms with Gasteiger partial charge in [0.05, 0.1) is 13.3 Å². The number of ether oxygens (including phenoxy) is 1. The minimum Gasteiger partial charge on any atom is -0.497 e. The summed E-state index contributed by atoms with van der Waals surface area (Å²) in [6, 6.07) is 7.45. The van der Waals surface area contributed by atoms with Gasteiger partial charge in [0, 0.05) is 17.2 Å². The molecule has 126 valence electrons. The average Bonchev–Trinajstić information content (AvgIpc) is 2.94. The second-order valence-corrected chi connectivity index (χ2v) is 5.93. The predicted molar refractivity (Wildman–Crippen MR) is 103 cm³/mol. The maximum Gasteiger partial charge on any atom is 0.216 e. The number of methoxy groups -OCH3 is 1. The maximum absolute atomic E-state index is 5.87. The fraction of sp³-hybridized carbons (Fsp3) is 0.375. The molecule has 0 atom stereocenters. The molecule has 6 nitrogen and oxygen atoms in total.